The van der Waals surface area contributed by atoms with E-state index in [-0.39, 0.29) is 42.8 Å². The number of hydrogen-bond donors (Lipinski definition) is 0. The van der Waals surface area contributed by atoms with Crippen molar-refractivity contribution < 1.29 is 31.4 Å². The van der Waals surface area contributed by atoms with Gasteiger partial charge in [-0.2, -0.15) is 20.2 Å². The molecule has 2 aromatic heterocycles. The molecular weight excluding hydrogens is 745 g/mol. The van der Waals surface area contributed by atoms with Gasteiger partial charge in [-0.1, -0.05) is 11.8 Å². The molecule has 2 aromatic carbocycles. The van der Waals surface area contributed by atoms with E-state index in [0.29, 0.717) is 41.7 Å². The van der Waals surface area contributed by atoms with Crippen LogP contribution in [0, 0.1) is 226 Å². The molecule has 6 heteroatoms. The van der Waals surface area contributed by atoms with E-state index in [0.717, 1.165) is 9.40 Å². The van der Waals surface area contributed by atoms with Gasteiger partial charge >= 0.3 is 5.82 Å². The Bertz CT molecular complexity index is 3670. The summed E-state index contributed by atoms with van der Waals surface area (Å²) < 4.78 is 2.40. The third kappa shape index (κ3) is 11.1. The van der Waals surface area contributed by atoms with E-state index >= 15 is 0 Å². The van der Waals surface area contributed by atoms with Gasteiger partial charge in [-0.15, -0.1) is 35.5 Å². The van der Waals surface area contributed by atoms with Crippen LogP contribution in [0.25, 0.3) is 52.0 Å². The summed E-state index contributed by atoms with van der Waals surface area (Å²) >= 11 is 2.51. The fraction of sp³-hybridized carbons (Fsp3) is 0. The fourth-order valence-electron chi connectivity index (χ4n) is 4.26. The molecule has 4 rings (SSSR count). The predicted octanol–water partition coefficient (Wildman–Crippen LogP) is 9.79. The van der Waals surface area contributed by atoms with Crippen molar-refractivity contribution in [1.82, 2.24) is 0 Å². The summed E-state index contributed by atoms with van der Waals surface area (Å²) in [7, 11) is 0. The number of nitriles is 2. The van der Waals surface area contributed by atoms with Crippen molar-refractivity contribution in [2.24, 2.45) is 0 Å². The largest absolute Gasteiger partial charge is 0.536 e. The van der Waals surface area contributed by atoms with E-state index in [1.165, 1.54) is 22.7 Å². The van der Waals surface area contributed by atoms with Gasteiger partial charge < -0.3 is 0 Å². The zero-order valence-corrected chi connectivity index (χ0v) is 30.7. The Balaban J connectivity index is -0.0000000995. The minimum absolute atomic E-state index is 0. The van der Waals surface area contributed by atoms with Crippen LogP contribution in [0.15, 0.2) is 24.3 Å². The van der Waals surface area contributed by atoms with Crippen LogP contribution >= 0.6 is 22.7 Å². The monoisotopic (exact) mass is 794 g/mol. The Hall–Kier alpha value is -10.7. The summed E-state index contributed by atoms with van der Waals surface area (Å²) in [6.45, 7) is 15.0. The molecule has 0 saturated heterocycles. The van der Waals surface area contributed by atoms with Crippen LogP contribution in [-0.4, -0.2) is 0 Å². The van der Waals surface area contributed by atoms with Crippen LogP contribution in [0.1, 0.15) is 42.5 Å². The standard InChI is InChI=1S/C52H6N4S2.22H2/c1-5-7-9-11-13-15-17-19-21-23-25-27-29-31-33-42-45-36-50-47(38-51(58-50)52(55-3)56-4)43(44(45)35-49-46(42)37-48(57-49)41(39-53)40-54)34-32-30-28-26-24-22-20-18-16-14-12-10-8-6-2;;;;;;;;;;;;;;;;;;;;;;/h1-2,35-38H;22*1H. The second-order valence-corrected chi connectivity index (χ2v) is 11.7. The highest BCUT2D eigenvalue weighted by molar-refractivity contribution is 7.17. The summed E-state index contributed by atoms with van der Waals surface area (Å²) in [5.74, 6) is 76.7. The molecule has 290 valence electrons. The maximum atomic E-state index is 9.61. The van der Waals surface area contributed by atoms with Crippen LogP contribution in [0.3, 0.4) is 0 Å². The lowest BCUT2D eigenvalue weighted by Crippen LogP contribution is -1.94. The number of benzene rings is 2. The average Bonchev–Trinajstić information content (AvgIpc) is 3.86. The predicted molar refractivity (Wildman–Crippen MR) is 276 cm³/mol. The quantitative estimate of drug-likeness (QED) is 0.132. The first-order chi connectivity index (χ1) is 28.6. The summed E-state index contributed by atoms with van der Waals surface area (Å²) in [4.78, 5) is 6.78. The third-order valence-corrected chi connectivity index (χ3v) is 8.54. The maximum Gasteiger partial charge on any atom is 0.536 e. The molecule has 0 saturated carbocycles. The van der Waals surface area contributed by atoms with Gasteiger partial charge in [-0.3, -0.25) is 0 Å². The molecule has 4 nitrogen and oxygen atoms in total. The van der Waals surface area contributed by atoms with Gasteiger partial charge in [0.15, 0.2) is 0 Å². The lowest BCUT2D eigenvalue weighted by atomic mass is 9.95. The third-order valence-electron chi connectivity index (χ3n) is 6.36. The van der Waals surface area contributed by atoms with Crippen LogP contribution in [-0.2, 0) is 0 Å². The van der Waals surface area contributed by atoms with E-state index in [1.54, 1.807) is 12.1 Å². The molecule has 0 fully saturated rings. The van der Waals surface area contributed by atoms with Gasteiger partial charge in [0.2, 0.25) is 0 Å². The highest BCUT2D eigenvalue weighted by Gasteiger charge is 2.17. The first-order valence-corrected chi connectivity index (χ1v) is 16.9. The summed E-state index contributed by atoms with van der Waals surface area (Å²) in [6, 6.07) is 11.2. The summed E-state index contributed by atoms with van der Waals surface area (Å²) in [6.07, 6.45) is 10.0. The van der Waals surface area contributed by atoms with Crippen molar-refractivity contribution in [1.29, 1.82) is 10.5 Å². The van der Waals surface area contributed by atoms with E-state index < -0.39 is 0 Å². The number of fused-ring (bicyclic) bond motifs is 3. The van der Waals surface area contributed by atoms with Gasteiger partial charge in [0.25, 0.3) is 0 Å². The van der Waals surface area contributed by atoms with Crippen LogP contribution in [0.4, 0.5) is 0 Å². The maximum absolute atomic E-state index is 9.61. The number of hydrogen-bond acceptors (Lipinski definition) is 4. The van der Waals surface area contributed by atoms with Gasteiger partial charge in [0, 0.05) is 73.5 Å². The molecular formula is C52H50N4S2. The molecule has 0 aliphatic heterocycles. The van der Waals surface area contributed by atoms with E-state index in [9.17, 15) is 10.5 Å². The Morgan fingerprint density at radius 2 is 0.759 bits per heavy atom. The van der Waals surface area contributed by atoms with E-state index in [1.807, 2.05) is 24.3 Å². The Kier molecular flexibility index (Phi) is 15.4. The highest BCUT2D eigenvalue weighted by Crippen LogP contribution is 2.36. The number of rotatable bonds is 0. The van der Waals surface area contributed by atoms with Crippen molar-refractivity contribution in [3.05, 3.63) is 67.3 Å². The van der Waals surface area contributed by atoms with Crippen LogP contribution in [0.2, 0.25) is 0 Å². The average molecular weight is 795 g/mol. The number of terminal acetylenes is 2. The number of thiophene rings is 2. The smallest absolute Gasteiger partial charge is 0.192 e. The first-order valence-electron chi connectivity index (χ1n) is 15.3. The Morgan fingerprint density at radius 3 is 1.09 bits per heavy atom. The molecule has 0 N–H and O–H groups in total. The summed E-state index contributed by atoms with van der Waals surface area (Å²) in [5, 5.41) is 22.0. The van der Waals surface area contributed by atoms with Crippen molar-refractivity contribution >= 4 is 65.0 Å². The molecule has 58 heavy (non-hydrogen) atoms. The SMILES string of the molecule is [C-]#[N+]C([N+]#[C-])=c1cc2c(C#CC#CC#CC#CC#CC#CC#CC#C)c3cc4sc(=C(C#N)C#N)cc4c(C#CC#CC#CC#CC#CC#CC#CC#C)c3cc2s1.[HH].[HH].[HH].[HH].[HH].[HH].[HH].[HH].[HH].[HH].[HH].[HH].[HH].[HH].[HH].[HH].[HH].[HH].[HH].[HH].[HH].[HH]. The zero-order chi connectivity index (χ0) is 41.2. The fourth-order valence-corrected chi connectivity index (χ4v) is 6.36. The van der Waals surface area contributed by atoms with Crippen molar-refractivity contribution in [3.63, 3.8) is 0 Å². The molecule has 0 aliphatic rings. The minimum atomic E-state index is -0.0795. The topological polar surface area (TPSA) is 56.3 Å². The molecule has 0 aliphatic carbocycles. The highest BCUT2D eigenvalue weighted by atomic mass is 32.1. The Morgan fingerprint density at radius 1 is 0.448 bits per heavy atom. The lowest BCUT2D eigenvalue weighted by Gasteiger charge is -2.07. The molecule has 0 radical (unpaired) electrons. The van der Waals surface area contributed by atoms with Crippen molar-refractivity contribution in [2.75, 3.05) is 0 Å². The molecule has 0 unspecified atom stereocenters. The normalized spacial score (nSPS) is 7.00. The Labute approximate surface area is 376 Å². The van der Waals surface area contributed by atoms with Crippen LogP contribution in [0.5, 0.6) is 0 Å². The van der Waals surface area contributed by atoms with Crippen molar-refractivity contribution in [3.8, 4) is 203 Å². The molecule has 0 atom stereocenters. The van der Waals surface area contributed by atoms with Crippen molar-refractivity contribution in [2.45, 2.75) is 0 Å². The molecule has 0 spiro atoms. The number of nitrogens with zero attached hydrogens (tertiary/aromatic N) is 4. The van der Waals surface area contributed by atoms with Gasteiger partial charge in [0.05, 0.1) is 4.53 Å². The molecule has 0 amide bonds. The van der Waals surface area contributed by atoms with Gasteiger partial charge in [-0.25, -0.2) is 0 Å². The summed E-state index contributed by atoms with van der Waals surface area (Å²) in [5.41, 5.74) is 1.07. The first kappa shape index (κ1) is 40.1. The van der Waals surface area contributed by atoms with Crippen LogP contribution < -0.4 is 9.06 Å². The minimum Gasteiger partial charge on any atom is -0.192 e. The molecule has 0 bridgehead atoms. The second-order valence-electron chi connectivity index (χ2n) is 9.58. The van der Waals surface area contributed by atoms with E-state index in [4.69, 9.17) is 26.0 Å². The zero-order valence-electron chi connectivity index (χ0n) is 29.1. The molecule has 2 heterocycles. The van der Waals surface area contributed by atoms with E-state index in [2.05, 4.69) is 187 Å². The van der Waals surface area contributed by atoms with Gasteiger partial charge in [0.1, 0.15) is 35.4 Å². The second kappa shape index (κ2) is 22.3. The lowest BCUT2D eigenvalue weighted by molar-refractivity contribution is 1.51. The van der Waals surface area contributed by atoms with Gasteiger partial charge in [-0.05, 0) is 190 Å². The molecule has 4 aromatic rings.